The van der Waals surface area contributed by atoms with Gasteiger partial charge in [-0.15, -0.1) is 0 Å². The Bertz CT molecular complexity index is 738. The van der Waals surface area contributed by atoms with Crippen LogP contribution >= 0.6 is 11.6 Å². The third-order valence-electron chi connectivity index (χ3n) is 4.59. The molecule has 1 aromatic heterocycles. The van der Waals surface area contributed by atoms with E-state index in [4.69, 9.17) is 11.6 Å². The summed E-state index contributed by atoms with van der Waals surface area (Å²) in [6, 6.07) is 9.86. The molecule has 1 aromatic carbocycles. The Morgan fingerprint density at radius 2 is 2.12 bits per heavy atom. The lowest BCUT2D eigenvalue weighted by Gasteiger charge is -2.17. The average molecular weight is 346 g/mol. The number of rotatable bonds is 4. The van der Waals surface area contributed by atoms with Gasteiger partial charge in [-0.1, -0.05) is 43.6 Å². The second kappa shape index (κ2) is 6.98. The van der Waals surface area contributed by atoms with Crippen molar-refractivity contribution in [1.29, 1.82) is 0 Å². The van der Waals surface area contributed by atoms with Crippen LogP contribution in [-0.2, 0) is 13.5 Å². The van der Waals surface area contributed by atoms with Crippen LogP contribution in [0.25, 0.3) is 0 Å². The van der Waals surface area contributed by atoms with E-state index in [1.54, 1.807) is 4.68 Å². The number of hydrogen-bond acceptors (Lipinski definition) is 2. The number of aryl methyl sites for hydroxylation is 1. The van der Waals surface area contributed by atoms with Crippen LogP contribution in [0.3, 0.4) is 0 Å². The van der Waals surface area contributed by atoms with E-state index in [1.807, 2.05) is 36.2 Å². The summed E-state index contributed by atoms with van der Waals surface area (Å²) in [4.78, 5) is 14.8. The van der Waals surface area contributed by atoms with Crippen LogP contribution in [0.15, 0.2) is 30.3 Å². The predicted octanol–water partition coefficient (Wildman–Crippen LogP) is 3.90. The van der Waals surface area contributed by atoms with Crippen molar-refractivity contribution in [3.8, 4) is 0 Å². The topological polar surface area (TPSA) is 38.1 Å². The minimum absolute atomic E-state index is 0.0644. The third kappa shape index (κ3) is 3.48. The summed E-state index contributed by atoms with van der Waals surface area (Å²) >= 11 is 6.31. The Hall–Kier alpha value is -1.81. The fraction of sp³-hybridized carbons (Fsp3) is 0.474. The van der Waals surface area contributed by atoms with E-state index < -0.39 is 0 Å². The molecule has 1 fully saturated rings. The van der Waals surface area contributed by atoms with Crippen LogP contribution in [-0.4, -0.2) is 33.7 Å². The highest BCUT2D eigenvalue weighted by molar-refractivity contribution is 6.31. The van der Waals surface area contributed by atoms with Gasteiger partial charge in [0.25, 0.3) is 5.91 Å². The van der Waals surface area contributed by atoms with Crippen molar-refractivity contribution in [3.63, 3.8) is 0 Å². The molecule has 1 amide bonds. The number of likely N-dealkylation sites (tertiary alicyclic amines) is 1. The Balaban J connectivity index is 1.73. The largest absolute Gasteiger partial charge is 0.337 e. The molecule has 0 spiro atoms. The van der Waals surface area contributed by atoms with Crippen LogP contribution in [0, 0.1) is 5.92 Å². The molecule has 24 heavy (non-hydrogen) atoms. The maximum atomic E-state index is 12.9. The lowest BCUT2D eigenvalue weighted by atomic mass is 9.98. The highest BCUT2D eigenvalue weighted by atomic mass is 35.5. The minimum atomic E-state index is 0.0644. The van der Waals surface area contributed by atoms with Crippen molar-refractivity contribution in [2.75, 3.05) is 13.1 Å². The van der Waals surface area contributed by atoms with Gasteiger partial charge in [0.2, 0.25) is 0 Å². The fourth-order valence-corrected chi connectivity index (χ4v) is 3.70. The Morgan fingerprint density at radius 3 is 2.83 bits per heavy atom. The van der Waals surface area contributed by atoms with E-state index in [-0.39, 0.29) is 5.91 Å². The van der Waals surface area contributed by atoms with E-state index >= 15 is 0 Å². The van der Waals surface area contributed by atoms with Crippen molar-refractivity contribution in [3.05, 3.63) is 52.3 Å². The SMILES string of the molecule is CC(C)Cc1cc(C(=O)N2CC[C@@H](c3ccccc3Cl)C2)n(C)n1. The molecule has 1 saturated heterocycles. The van der Waals surface area contributed by atoms with Crippen molar-refractivity contribution in [2.24, 2.45) is 13.0 Å². The van der Waals surface area contributed by atoms with Crippen LogP contribution in [0.5, 0.6) is 0 Å². The Labute approximate surface area is 148 Å². The molecule has 0 radical (unpaired) electrons. The van der Waals surface area contributed by atoms with Crippen molar-refractivity contribution in [1.82, 2.24) is 14.7 Å². The van der Waals surface area contributed by atoms with Gasteiger partial charge in [-0.2, -0.15) is 5.10 Å². The molecule has 2 heterocycles. The minimum Gasteiger partial charge on any atom is -0.337 e. The van der Waals surface area contributed by atoms with Gasteiger partial charge in [0, 0.05) is 31.1 Å². The van der Waals surface area contributed by atoms with E-state index in [9.17, 15) is 4.79 Å². The summed E-state index contributed by atoms with van der Waals surface area (Å²) in [6.45, 7) is 5.79. The third-order valence-corrected chi connectivity index (χ3v) is 4.93. The zero-order chi connectivity index (χ0) is 17.3. The summed E-state index contributed by atoms with van der Waals surface area (Å²) in [5, 5.41) is 5.27. The smallest absolute Gasteiger partial charge is 0.272 e. The lowest BCUT2D eigenvalue weighted by Crippen LogP contribution is -2.30. The van der Waals surface area contributed by atoms with Crippen LogP contribution in [0.1, 0.15) is 47.9 Å². The molecule has 2 aromatic rings. The first-order valence-corrected chi connectivity index (χ1v) is 8.90. The number of halogens is 1. The molecular weight excluding hydrogens is 322 g/mol. The van der Waals surface area contributed by atoms with E-state index in [1.165, 1.54) is 0 Å². The van der Waals surface area contributed by atoms with Gasteiger partial charge in [0.15, 0.2) is 0 Å². The monoisotopic (exact) mass is 345 g/mol. The normalized spacial score (nSPS) is 17.7. The molecule has 1 aliphatic heterocycles. The molecule has 4 nitrogen and oxygen atoms in total. The molecule has 0 saturated carbocycles. The van der Waals surface area contributed by atoms with Gasteiger partial charge in [-0.05, 0) is 36.5 Å². The molecule has 1 aliphatic rings. The second-order valence-corrected chi connectivity index (χ2v) is 7.41. The summed E-state index contributed by atoms with van der Waals surface area (Å²) in [6.07, 6.45) is 1.84. The fourth-order valence-electron chi connectivity index (χ4n) is 3.41. The zero-order valence-corrected chi connectivity index (χ0v) is 15.3. The molecule has 0 bridgehead atoms. The highest BCUT2D eigenvalue weighted by Crippen LogP contribution is 2.32. The quantitative estimate of drug-likeness (QED) is 0.842. The van der Waals surface area contributed by atoms with Crippen LogP contribution in [0.2, 0.25) is 5.02 Å². The molecular formula is C19H24ClN3O. The number of benzene rings is 1. The maximum Gasteiger partial charge on any atom is 0.272 e. The second-order valence-electron chi connectivity index (χ2n) is 7.00. The van der Waals surface area contributed by atoms with Gasteiger partial charge < -0.3 is 4.90 Å². The number of carbonyl (C=O) groups is 1. The average Bonchev–Trinajstić information content (AvgIpc) is 3.13. The van der Waals surface area contributed by atoms with Gasteiger partial charge in [-0.3, -0.25) is 9.48 Å². The van der Waals surface area contributed by atoms with Crippen LogP contribution < -0.4 is 0 Å². The molecule has 0 aliphatic carbocycles. The van der Waals surface area contributed by atoms with Gasteiger partial charge >= 0.3 is 0 Å². The van der Waals surface area contributed by atoms with E-state index in [0.717, 1.165) is 35.7 Å². The molecule has 0 unspecified atom stereocenters. The number of carbonyl (C=O) groups excluding carboxylic acids is 1. The van der Waals surface area contributed by atoms with Crippen molar-refractivity contribution < 1.29 is 4.79 Å². The Kier molecular flexibility index (Phi) is 4.95. The van der Waals surface area contributed by atoms with Gasteiger partial charge in [0.05, 0.1) is 5.69 Å². The summed E-state index contributed by atoms with van der Waals surface area (Å²) in [5.41, 5.74) is 2.79. The van der Waals surface area contributed by atoms with Crippen molar-refractivity contribution >= 4 is 17.5 Å². The number of nitrogens with zero attached hydrogens (tertiary/aromatic N) is 3. The zero-order valence-electron chi connectivity index (χ0n) is 14.5. The van der Waals surface area contributed by atoms with Crippen molar-refractivity contribution in [2.45, 2.75) is 32.6 Å². The van der Waals surface area contributed by atoms with Crippen LogP contribution in [0.4, 0.5) is 0 Å². The molecule has 5 heteroatoms. The van der Waals surface area contributed by atoms with E-state index in [0.29, 0.717) is 24.1 Å². The summed E-state index contributed by atoms with van der Waals surface area (Å²) in [7, 11) is 1.85. The predicted molar refractivity (Wildman–Crippen MR) is 96.5 cm³/mol. The van der Waals surface area contributed by atoms with E-state index in [2.05, 4.69) is 25.0 Å². The molecule has 1 atom stereocenters. The van der Waals surface area contributed by atoms with Gasteiger partial charge in [0.1, 0.15) is 5.69 Å². The number of hydrogen-bond donors (Lipinski definition) is 0. The summed E-state index contributed by atoms with van der Waals surface area (Å²) in [5.74, 6) is 0.903. The highest BCUT2D eigenvalue weighted by Gasteiger charge is 2.30. The lowest BCUT2D eigenvalue weighted by molar-refractivity contribution is 0.0780. The number of aromatic nitrogens is 2. The molecule has 128 valence electrons. The summed E-state index contributed by atoms with van der Waals surface area (Å²) < 4.78 is 1.71. The molecule has 3 rings (SSSR count). The van der Waals surface area contributed by atoms with Gasteiger partial charge in [-0.25, -0.2) is 0 Å². The first kappa shape index (κ1) is 17.0. The maximum absolute atomic E-state index is 12.9. The Morgan fingerprint density at radius 1 is 1.38 bits per heavy atom. The molecule has 0 N–H and O–H groups in total. The number of amides is 1. The first-order chi connectivity index (χ1) is 11.5. The standard InChI is InChI=1S/C19H24ClN3O/c1-13(2)10-15-11-18(22(3)21-15)19(24)23-9-8-14(12-23)16-6-4-5-7-17(16)20/h4-7,11,13-14H,8-10,12H2,1-3H3/t14-/m1/s1. The first-order valence-electron chi connectivity index (χ1n) is 8.52.